The smallest absolute Gasteiger partial charge is 0.316 e. The topological polar surface area (TPSA) is 43.4 Å². The van der Waals surface area contributed by atoms with E-state index in [9.17, 15) is 9.59 Å². The predicted octanol–water partition coefficient (Wildman–Crippen LogP) is 3.75. The highest BCUT2D eigenvalue weighted by Crippen LogP contribution is 2.36. The van der Waals surface area contributed by atoms with Gasteiger partial charge in [0.1, 0.15) is 17.8 Å². The van der Waals surface area contributed by atoms with E-state index in [0.717, 1.165) is 25.7 Å². The first-order valence-corrected chi connectivity index (χ1v) is 8.22. The SMILES string of the molecule is CC(C)[C@@H]1CC[C@@H](C)C[C@H]1OC(=O)C1CCCCC1=O. The normalized spacial score (nSPS) is 35.1. The number of ether oxygens (including phenoxy) is 1. The summed E-state index contributed by atoms with van der Waals surface area (Å²) >= 11 is 0. The lowest BCUT2D eigenvalue weighted by Crippen LogP contribution is -2.39. The van der Waals surface area contributed by atoms with Gasteiger partial charge in [-0.15, -0.1) is 0 Å². The van der Waals surface area contributed by atoms with E-state index in [4.69, 9.17) is 4.74 Å². The average Bonchev–Trinajstić information content (AvgIpc) is 2.38. The van der Waals surface area contributed by atoms with E-state index in [1.165, 1.54) is 6.42 Å². The van der Waals surface area contributed by atoms with Gasteiger partial charge in [-0.05, 0) is 43.4 Å². The van der Waals surface area contributed by atoms with Gasteiger partial charge in [-0.2, -0.15) is 0 Å². The lowest BCUT2D eigenvalue weighted by atomic mass is 9.75. The minimum Gasteiger partial charge on any atom is -0.462 e. The van der Waals surface area contributed by atoms with Crippen LogP contribution in [0.25, 0.3) is 0 Å². The van der Waals surface area contributed by atoms with Gasteiger partial charge < -0.3 is 4.74 Å². The summed E-state index contributed by atoms with van der Waals surface area (Å²) < 4.78 is 5.79. The van der Waals surface area contributed by atoms with Crippen LogP contribution in [-0.2, 0) is 14.3 Å². The van der Waals surface area contributed by atoms with Crippen LogP contribution in [-0.4, -0.2) is 17.9 Å². The fourth-order valence-corrected chi connectivity index (χ4v) is 3.71. The minimum absolute atomic E-state index is 0.0148. The monoisotopic (exact) mass is 280 g/mol. The van der Waals surface area contributed by atoms with Gasteiger partial charge in [-0.3, -0.25) is 9.59 Å². The van der Waals surface area contributed by atoms with E-state index >= 15 is 0 Å². The highest BCUT2D eigenvalue weighted by atomic mass is 16.5. The summed E-state index contributed by atoms with van der Waals surface area (Å²) in [6, 6.07) is 0. The predicted molar refractivity (Wildman–Crippen MR) is 78.2 cm³/mol. The Morgan fingerprint density at radius 2 is 1.95 bits per heavy atom. The Balaban J connectivity index is 1.98. The molecule has 114 valence electrons. The molecule has 3 nitrogen and oxygen atoms in total. The molecule has 0 aromatic rings. The van der Waals surface area contributed by atoms with Gasteiger partial charge in [-0.25, -0.2) is 0 Å². The van der Waals surface area contributed by atoms with Crippen LogP contribution in [0.2, 0.25) is 0 Å². The van der Waals surface area contributed by atoms with Gasteiger partial charge in [0.05, 0.1) is 0 Å². The number of esters is 1. The summed E-state index contributed by atoms with van der Waals surface area (Å²) in [7, 11) is 0. The zero-order chi connectivity index (χ0) is 14.7. The summed E-state index contributed by atoms with van der Waals surface area (Å²) in [5.74, 6) is 0.959. The summed E-state index contributed by atoms with van der Waals surface area (Å²) in [5, 5.41) is 0. The van der Waals surface area contributed by atoms with E-state index in [2.05, 4.69) is 20.8 Å². The van der Waals surface area contributed by atoms with E-state index in [0.29, 0.717) is 30.6 Å². The summed E-state index contributed by atoms with van der Waals surface area (Å²) in [5.41, 5.74) is 0. The Morgan fingerprint density at radius 1 is 1.20 bits per heavy atom. The van der Waals surface area contributed by atoms with Crippen molar-refractivity contribution in [2.24, 2.45) is 23.7 Å². The second-order valence-corrected chi connectivity index (χ2v) is 7.07. The van der Waals surface area contributed by atoms with Gasteiger partial charge in [-0.1, -0.05) is 33.6 Å². The second-order valence-electron chi connectivity index (χ2n) is 7.07. The Hall–Kier alpha value is -0.860. The molecule has 0 aromatic heterocycles. The second kappa shape index (κ2) is 6.73. The Bertz CT molecular complexity index is 361. The maximum absolute atomic E-state index is 12.3. The van der Waals surface area contributed by atoms with Crippen molar-refractivity contribution < 1.29 is 14.3 Å². The third-order valence-corrected chi connectivity index (χ3v) is 5.07. The number of carbonyl (C=O) groups is 2. The fraction of sp³-hybridized carbons (Fsp3) is 0.882. The van der Waals surface area contributed by atoms with E-state index in [-0.39, 0.29) is 17.9 Å². The molecule has 2 rings (SSSR count). The molecule has 2 saturated carbocycles. The number of ketones is 1. The molecule has 0 aromatic carbocycles. The van der Waals surface area contributed by atoms with Crippen LogP contribution in [0.1, 0.15) is 65.7 Å². The summed E-state index contributed by atoms with van der Waals surface area (Å²) in [6.45, 7) is 6.63. The van der Waals surface area contributed by atoms with Crippen molar-refractivity contribution in [2.75, 3.05) is 0 Å². The van der Waals surface area contributed by atoms with Crippen molar-refractivity contribution in [1.82, 2.24) is 0 Å². The lowest BCUT2D eigenvalue weighted by molar-refractivity contribution is -0.164. The van der Waals surface area contributed by atoms with E-state index in [1.54, 1.807) is 0 Å². The largest absolute Gasteiger partial charge is 0.462 e. The van der Waals surface area contributed by atoms with Crippen LogP contribution in [0.3, 0.4) is 0 Å². The third-order valence-electron chi connectivity index (χ3n) is 5.07. The van der Waals surface area contributed by atoms with E-state index in [1.807, 2.05) is 0 Å². The average molecular weight is 280 g/mol. The lowest BCUT2D eigenvalue weighted by Gasteiger charge is -2.37. The van der Waals surface area contributed by atoms with Crippen LogP contribution in [0, 0.1) is 23.7 Å². The molecule has 2 fully saturated rings. The quantitative estimate of drug-likeness (QED) is 0.584. The standard InChI is InChI=1S/C17H28O3/c1-11(2)13-9-8-12(3)10-16(13)20-17(19)14-6-4-5-7-15(14)18/h11-14,16H,4-10H2,1-3H3/t12-,13+,14?,16-/m1/s1. The van der Waals surface area contributed by atoms with E-state index < -0.39 is 5.92 Å². The van der Waals surface area contributed by atoms with Crippen molar-refractivity contribution >= 4 is 11.8 Å². The summed E-state index contributed by atoms with van der Waals surface area (Å²) in [4.78, 5) is 24.2. The van der Waals surface area contributed by atoms with Crippen molar-refractivity contribution in [2.45, 2.75) is 71.8 Å². The molecule has 0 aliphatic heterocycles. The molecule has 0 radical (unpaired) electrons. The molecule has 2 aliphatic rings. The highest BCUT2D eigenvalue weighted by Gasteiger charge is 2.37. The number of hydrogen-bond donors (Lipinski definition) is 0. The van der Waals surface area contributed by atoms with Gasteiger partial charge in [0.15, 0.2) is 0 Å². The number of rotatable bonds is 3. The Kier molecular flexibility index (Phi) is 5.22. The molecule has 1 unspecified atom stereocenters. The molecule has 0 saturated heterocycles. The number of carbonyl (C=O) groups excluding carboxylic acids is 2. The van der Waals surface area contributed by atoms with Crippen LogP contribution >= 0.6 is 0 Å². The summed E-state index contributed by atoms with van der Waals surface area (Å²) in [6.07, 6.45) is 6.46. The van der Waals surface area contributed by atoms with Crippen LogP contribution < -0.4 is 0 Å². The van der Waals surface area contributed by atoms with Crippen molar-refractivity contribution in [3.8, 4) is 0 Å². The molecule has 3 heteroatoms. The Labute approximate surface area is 122 Å². The first kappa shape index (κ1) is 15.5. The van der Waals surface area contributed by atoms with Crippen LogP contribution in [0.5, 0.6) is 0 Å². The van der Waals surface area contributed by atoms with Gasteiger partial charge in [0.25, 0.3) is 0 Å². The molecular weight excluding hydrogens is 252 g/mol. The van der Waals surface area contributed by atoms with Gasteiger partial charge in [0.2, 0.25) is 0 Å². The molecule has 4 atom stereocenters. The zero-order valence-electron chi connectivity index (χ0n) is 13.1. The van der Waals surface area contributed by atoms with Crippen molar-refractivity contribution in [3.63, 3.8) is 0 Å². The fourth-order valence-electron chi connectivity index (χ4n) is 3.71. The number of Topliss-reactive ketones (excluding diaryl/α,β-unsaturated/α-hetero) is 1. The van der Waals surface area contributed by atoms with Gasteiger partial charge in [0, 0.05) is 6.42 Å². The first-order chi connectivity index (χ1) is 9.49. The van der Waals surface area contributed by atoms with Crippen LogP contribution in [0.15, 0.2) is 0 Å². The molecule has 0 N–H and O–H groups in total. The zero-order valence-corrected chi connectivity index (χ0v) is 13.1. The number of hydrogen-bond acceptors (Lipinski definition) is 3. The molecule has 0 amide bonds. The molecule has 0 heterocycles. The molecular formula is C17H28O3. The maximum atomic E-state index is 12.3. The van der Waals surface area contributed by atoms with Crippen LogP contribution in [0.4, 0.5) is 0 Å². The molecule has 0 bridgehead atoms. The maximum Gasteiger partial charge on any atom is 0.316 e. The molecule has 2 aliphatic carbocycles. The van der Waals surface area contributed by atoms with Crippen molar-refractivity contribution in [3.05, 3.63) is 0 Å². The molecule has 0 spiro atoms. The Morgan fingerprint density at radius 3 is 2.60 bits per heavy atom. The van der Waals surface area contributed by atoms with Crippen molar-refractivity contribution in [1.29, 1.82) is 0 Å². The minimum atomic E-state index is -0.478. The molecule has 20 heavy (non-hydrogen) atoms. The first-order valence-electron chi connectivity index (χ1n) is 8.22. The third kappa shape index (κ3) is 3.62. The van der Waals surface area contributed by atoms with Gasteiger partial charge >= 0.3 is 5.97 Å². The highest BCUT2D eigenvalue weighted by molar-refractivity contribution is 5.99.